The van der Waals surface area contributed by atoms with E-state index < -0.39 is 11.5 Å². The third-order valence-electron chi connectivity index (χ3n) is 4.15. The largest absolute Gasteiger partial charge is 0.421 e. The molecule has 0 aliphatic rings. The zero-order chi connectivity index (χ0) is 21.1. The Kier molecular flexibility index (Phi) is 4.76. The Morgan fingerprint density at radius 1 is 1.23 bits per heavy atom. The second kappa shape index (κ2) is 7.69. The number of nitrogens with one attached hydrogen (secondary N) is 2. The van der Waals surface area contributed by atoms with Gasteiger partial charge in [0, 0.05) is 17.0 Å². The molecule has 0 aliphatic heterocycles. The predicted octanol–water partition coefficient (Wildman–Crippen LogP) is 2.27. The number of hydrogen-bond acceptors (Lipinski definition) is 8. The van der Waals surface area contributed by atoms with Crippen LogP contribution in [0.25, 0.3) is 28.0 Å². The van der Waals surface area contributed by atoms with Gasteiger partial charge in [0.05, 0.1) is 5.69 Å². The molecule has 0 saturated heterocycles. The van der Waals surface area contributed by atoms with Crippen molar-refractivity contribution >= 4 is 28.2 Å². The van der Waals surface area contributed by atoms with E-state index in [1.54, 1.807) is 30.3 Å². The van der Waals surface area contributed by atoms with Crippen LogP contribution in [-0.2, 0) is 0 Å². The summed E-state index contributed by atoms with van der Waals surface area (Å²) in [6.45, 7) is 0. The molecule has 4 rings (SSSR count). The molecule has 4 aromatic rings. The Hall–Kier alpha value is -4.78. The van der Waals surface area contributed by atoms with Crippen LogP contribution in [0.5, 0.6) is 0 Å². The highest BCUT2D eigenvalue weighted by atomic mass is 16.4. The van der Waals surface area contributed by atoms with Gasteiger partial charge in [-0.05, 0) is 18.2 Å². The topological polar surface area (TPSA) is 159 Å². The van der Waals surface area contributed by atoms with Crippen molar-refractivity contribution in [1.82, 2.24) is 14.8 Å². The van der Waals surface area contributed by atoms with Gasteiger partial charge in [-0.25, -0.2) is 14.5 Å². The summed E-state index contributed by atoms with van der Waals surface area (Å²) in [5.74, 6) is 0.0379. The molecule has 0 radical (unpaired) electrons. The second-order valence-corrected chi connectivity index (χ2v) is 6.15. The molecule has 0 fully saturated rings. The summed E-state index contributed by atoms with van der Waals surface area (Å²) in [5, 5.41) is 24.9. The predicted molar refractivity (Wildman–Crippen MR) is 111 cm³/mol. The van der Waals surface area contributed by atoms with Crippen molar-refractivity contribution < 1.29 is 4.42 Å². The summed E-state index contributed by atoms with van der Waals surface area (Å²) >= 11 is 0. The molecule has 0 bridgehead atoms. The molecule has 0 unspecified atom stereocenters. The van der Waals surface area contributed by atoms with Crippen molar-refractivity contribution in [1.29, 1.82) is 10.7 Å². The number of hydrazone groups is 1. The van der Waals surface area contributed by atoms with E-state index in [0.29, 0.717) is 22.5 Å². The number of nitriles is 1. The number of benzene rings is 2. The third-order valence-corrected chi connectivity index (χ3v) is 4.15. The van der Waals surface area contributed by atoms with Crippen LogP contribution in [0.3, 0.4) is 0 Å². The Morgan fingerprint density at radius 3 is 2.77 bits per heavy atom. The fourth-order valence-electron chi connectivity index (χ4n) is 2.69. The van der Waals surface area contributed by atoms with E-state index >= 15 is 0 Å². The van der Waals surface area contributed by atoms with E-state index in [4.69, 9.17) is 20.8 Å². The number of anilines is 1. The van der Waals surface area contributed by atoms with Gasteiger partial charge in [-0.1, -0.05) is 30.3 Å². The van der Waals surface area contributed by atoms with Crippen LogP contribution < -0.4 is 16.8 Å². The summed E-state index contributed by atoms with van der Waals surface area (Å²) in [4.78, 5) is 16.8. The van der Waals surface area contributed by atoms with Crippen LogP contribution in [0.1, 0.15) is 0 Å². The van der Waals surface area contributed by atoms with E-state index in [-0.39, 0.29) is 11.4 Å². The van der Waals surface area contributed by atoms with Crippen molar-refractivity contribution in [3.8, 4) is 23.1 Å². The minimum atomic E-state index is -0.589. The first-order valence-electron chi connectivity index (χ1n) is 8.69. The van der Waals surface area contributed by atoms with Crippen molar-refractivity contribution in [3.05, 3.63) is 71.3 Å². The highest BCUT2D eigenvalue weighted by molar-refractivity contribution is 6.45. The number of aromatic nitrogens is 3. The van der Waals surface area contributed by atoms with E-state index in [2.05, 4.69) is 20.6 Å². The Balaban J connectivity index is 1.67. The number of nitrogens with two attached hydrogens (primary N) is 1. The average Bonchev–Trinajstić information content (AvgIpc) is 3.24. The molecular formula is C20H14N8O2. The lowest BCUT2D eigenvalue weighted by molar-refractivity contribution is 0.552. The van der Waals surface area contributed by atoms with Gasteiger partial charge < -0.3 is 10.2 Å². The zero-order valence-corrected chi connectivity index (χ0v) is 15.4. The molecule has 146 valence electrons. The Morgan fingerprint density at radius 2 is 2.03 bits per heavy atom. The van der Waals surface area contributed by atoms with Gasteiger partial charge >= 0.3 is 5.63 Å². The maximum Gasteiger partial charge on any atom is 0.362 e. The molecule has 0 spiro atoms. The summed E-state index contributed by atoms with van der Waals surface area (Å²) in [7, 11) is 0. The fraction of sp³-hybridized carbons (Fsp3) is 0. The molecule has 0 saturated carbocycles. The van der Waals surface area contributed by atoms with Gasteiger partial charge in [0.2, 0.25) is 5.71 Å². The number of rotatable bonds is 5. The molecular weight excluding hydrogens is 384 g/mol. The molecule has 0 aliphatic carbocycles. The molecule has 4 N–H and O–H groups in total. The first kappa shape index (κ1) is 18.6. The Bertz CT molecular complexity index is 1380. The Labute approximate surface area is 169 Å². The minimum absolute atomic E-state index is 0.222. The van der Waals surface area contributed by atoms with Crippen LogP contribution in [0, 0.1) is 16.7 Å². The summed E-state index contributed by atoms with van der Waals surface area (Å²) < 4.78 is 6.79. The number of hydrogen-bond donors (Lipinski definition) is 3. The number of fused-ring (bicyclic) bond motifs is 1. The van der Waals surface area contributed by atoms with E-state index in [1.165, 1.54) is 11.0 Å². The SMILES string of the molecule is N#C/C(=N\Nc1ccc2cc(-n3cnc(-c4ccccc4)n3)c(=O)oc2c1)C(=N)N. The average molecular weight is 398 g/mol. The quantitative estimate of drug-likeness (QED) is 0.201. The lowest BCUT2D eigenvalue weighted by Crippen LogP contribution is -2.21. The van der Waals surface area contributed by atoms with Crippen molar-refractivity contribution in [2.75, 3.05) is 5.43 Å². The smallest absolute Gasteiger partial charge is 0.362 e. The number of nitrogens with zero attached hydrogens (tertiary/aromatic N) is 5. The molecule has 10 heteroatoms. The molecule has 30 heavy (non-hydrogen) atoms. The maximum absolute atomic E-state index is 12.5. The zero-order valence-electron chi connectivity index (χ0n) is 15.4. The summed E-state index contributed by atoms with van der Waals surface area (Å²) in [5.41, 5.74) is 8.84. The van der Waals surface area contributed by atoms with Gasteiger partial charge in [0.1, 0.15) is 18.0 Å². The molecule has 10 nitrogen and oxygen atoms in total. The van der Waals surface area contributed by atoms with Gasteiger partial charge in [-0.15, -0.1) is 5.10 Å². The van der Waals surface area contributed by atoms with Gasteiger partial charge in [-0.2, -0.15) is 10.4 Å². The fourth-order valence-corrected chi connectivity index (χ4v) is 2.69. The monoisotopic (exact) mass is 398 g/mol. The van der Waals surface area contributed by atoms with E-state index in [9.17, 15) is 4.79 Å². The van der Waals surface area contributed by atoms with Gasteiger partial charge in [0.25, 0.3) is 0 Å². The first-order chi connectivity index (χ1) is 14.5. The highest BCUT2D eigenvalue weighted by Crippen LogP contribution is 2.21. The van der Waals surface area contributed by atoms with Crippen molar-refractivity contribution in [2.24, 2.45) is 10.8 Å². The van der Waals surface area contributed by atoms with Crippen LogP contribution >= 0.6 is 0 Å². The standard InChI is InChI=1S/C20H14N8O2/c21-10-15(18(22)23)26-25-14-7-6-13-8-16(20(29)30-17(13)9-14)28-11-24-19(27-28)12-4-2-1-3-5-12/h1-9,11,25H,(H3,22,23)/b26-15+. The summed E-state index contributed by atoms with van der Waals surface area (Å²) in [6, 6.07) is 17.7. The first-order valence-corrected chi connectivity index (χ1v) is 8.69. The van der Waals surface area contributed by atoms with Crippen LogP contribution in [0.4, 0.5) is 5.69 Å². The minimum Gasteiger partial charge on any atom is -0.421 e. The van der Waals surface area contributed by atoms with Gasteiger partial charge in [0.15, 0.2) is 17.3 Å². The van der Waals surface area contributed by atoms with E-state index in [0.717, 1.165) is 5.56 Å². The van der Waals surface area contributed by atoms with Crippen LogP contribution in [0.2, 0.25) is 0 Å². The summed E-state index contributed by atoms with van der Waals surface area (Å²) in [6.07, 6.45) is 1.45. The lowest BCUT2D eigenvalue weighted by Gasteiger charge is -2.05. The molecule has 2 heterocycles. The second-order valence-electron chi connectivity index (χ2n) is 6.15. The highest BCUT2D eigenvalue weighted by Gasteiger charge is 2.11. The van der Waals surface area contributed by atoms with Crippen molar-refractivity contribution in [3.63, 3.8) is 0 Å². The molecule has 0 atom stereocenters. The van der Waals surface area contributed by atoms with Gasteiger partial charge in [-0.3, -0.25) is 10.8 Å². The molecule has 0 amide bonds. The maximum atomic E-state index is 12.5. The number of amidine groups is 1. The van der Waals surface area contributed by atoms with Crippen molar-refractivity contribution in [2.45, 2.75) is 0 Å². The van der Waals surface area contributed by atoms with Crippen LogP contribution in [-0.4, -0.2) is 26.3 Å². The molecule has 2 aromatic carbocycles. The van der Waals surface area contributed by atoms with E-state index in [1.807, 2.05) is 30.3 Å². The molecule has 2 aromatic heterocycles. The third kappa shape index (κ3) is 3.63. The lowest BCUT2D eigenvalue weighted by atomic mass is 10.2. The normalized spacial score (nSPS) is 11.2. The van der Waals surface area contributed by atoms with Crippen LogP contribution in [0.15, 0.2) is 75.2 Å².